The second kappa shape index (κ2) is 6.81. The summed E-state index contributed by atoms with van der Waals surface area (Å²) in [5.74, 6) is -0.637. The average molecular weight is 420 g/mol. The first kappa shape index (κ1) is 20.7. The van der Waals surface area contributed by atoms with Crippen molar-refractivity contribution >= 4 is 9.84 Å². The molecule has 2 aromatic carbocycles. The molecule has 0 saturated heterocycles. The fraction of sp³-hybridized carbons (Fsp3) is 0.368. The zero-order chi connectivity index (χ0) is 20.9. The van der Waals surface area contributed by atoms with E-state index in [0.717, 1.165) is 42.5 Å². The van der Waals surface area contributed by atoms with Crippen molar-refractivity contribution < 1.29 is 35.5 Å². The van der Waals surface area contributed by atoms with E-state index in [1.54, 1.807) is 0 Å². The molecule has 0 amide bonds. The van der Waals surface area contributed by atoms with Crippen molar-refractivity contribution in [1.29, 1.82) is 0 Å². The lowest BCUT2D eigenvalue weighted by Crippen LogP contribution is -2.36. The van der Waals surface area contributed by atoms with Gasteiger partial charge in [0.2, 0.25) is 5.67 Å². The molecule has 3 rings (SSSR count). The van der Waals surface area contributed by atoms with Crippen molar-refractivity contribution in [3.8, 4) is 0 Å². The maximum absolute atomic E-state index is 14.3. The van der Waals surface area contributed by atoms with E-state index in [1.165, 1.54) is 0 Å². The number of halogens is 5. The van der Waals surface area contributed by atoms with Gasteiger partial charge in [-0.15, -0.1) is 0 Å². The summed E-state index contributed by atoms with van der Waals surface area (Å²) >= 11 is 0. The number of aryl methyl sites for hydroxylation is 1. The Morgan fingerprint density at radius 3 is 2.21 bits per heavy atom. The quantitative estimate of drug-likeness (QED) is 0.592. The number of rotatable bonds is 3. The molecule has 0 aromatic heterocycles. The van der Waals surface area contributed by atoms with Crippen LogP contribution in [0.2, 0.25) is 0 Å². The van der Waals surface area contributed by atoms with Gasteiger partial charge >= 0.3 is 6.18 Å². The Bertz CT molecular complexity index is 982. The fourth-order valence-electron chi connectivity index (χ4n) is 3.36. The third-order valence-electron chi connectivity index (χ3n) is 5.06. The van der Waals surface area contributed by atoms with E-state index in [-0.39, 0.29) is 28.9 Å². The monoisotopic (exact) mass is 420 g/mol. The predicted molar refractivity (Wildman–Crippen MR) is 91.6 cm³/mol. The van der Waals surface area contributed by atoms with Gasteiger partial charge in [0.1, 0.15) is 11.1 Å². The van der Waals surface area contributed by atoms with Gasteiger partial charge in [0.25, 0.3) is 0 Å². The molecule has 1 aliphatic rings. The zero-order valence-corrected chi connectivity index (χ0v) is 15.5. The summed E-state index contributed by atoms with van der Waals surface area (Å²) in [5.41, 5.74) is -3.88. The van der Waals surface area contributed by atoms with Gasteiger partial charge in [0.05, 0.1) is 11.0 Å². The molecule has 1 N–H and O–H groups in total. The van der Waals surface area contributed by atoms with Crippen LogP contribution in [0.5, 0.6) is 0 Å². The third kappa shape index (κ3) is 3.41. The minimum atomic E-state index is -5.13. The molecule has 0 bridgehead atoms. The topological polar surface area (TPSA) is 54.4 Å². The van der Waals surface area contributed by atoms with Gasteiger partial charge in [-0.1, -0.05) is 18.2 Å². The van der Waals surface area contributed by atoms with Crippen molar-refractivity contribution in [3.63, 3.8) is 0 Å². The van der Waals surface area contributed by atoms with Crippen molar-refractivity contribution in [1.82, 2.24) is 0 Å². The summed E-state index contributed by atoms with van der Waals surface area (Å²) in [7, 11) is -4.15. The normalized spacial score (nSPS) is 22.4. The smallest absolute Gasteiger partial charge is 0.391 e. The van der Waals surface area contributed by atoms with Gasteiger partial charge < -0.3 is 5.11 Å². The summed E-state index contributed by atoms with van der Waals surface area (Å²) in [6.45, 7) is 0.402. The summed E-state index contributed by atoms with van der Waals surface area (Å²) in [5, 5.41) is 8.88. The van der Waals surface area contributed by atoms with Crippen LogP contribution in [0.15, 0.2) is 47.4 Å². The van der Waals surface area contributed by atoms with Gasteiger partial charge in [-0.3, -0.25) is 0 Å². The van der Waals surface area contributed by atoms with Crippen LogP contribution in [0.4, 0.5) is 22.0 Å². The molecule has 0 radical (unpaired) electrons. The molecule has 0 heterocycles. The van der Waals surface area contributed by atoms with Crippen LogP contribution in [0.1, 0.15) is 35.3 Å². The summed E-state index contributed by atoms with van der Waals surface area (Å²) in [6, 6.07) is 7.04. The minimum Gasteiger partial charge on any atom is -0.391 e. The van der Waals surface area contributed by atoms with E-state index in [0.29, 0.717) is 6.92 Å². The Kier molecular flexibility index (Phi) is 5.04. The van der Waals surface area contributed by atoms with Crippen LogP contribution in [0.3, 0.4) is 0 Å². The van der Waals surface area contributed by atoms with Crippen molar-refractivity contribution in [2.24, 2.45) is 0 Å². The molecule has 3 unspecified atom stereocenters. The lowest BCUT2D eigenvalue weighted by Gasteiger charge is -2.32. The highest BCUT2D eigenvalue weighted by atomic mass is 32.2. The Hall–Kier alpha value is -2.00. The first-order chi connectivity index (χ1) is 12.9. The maximum Gasteiger partial charge on any atom is 0.426 e. The lowest BCUT2D eigenvalue weighted by molar-refractivity contribution is -0.228. The van der Waals surface area contributed by atoms with E-state index in [4.69, 9.17) is 0 Å². The molecule has 0 aliphatic heterocycles. The number of benzene rings is 2. The highest BCUT2D eigenvalue weighted by Crippen LogP contribution is 2.45. The largest absolute Gasteiger partial charge is 0.426 e. The standard InChI is InChI=1S/C19H17F5O3S/c1-18(21,19(22,23)24)12-3-8-15-11(10-12)2-9-16(25)17(15)28(26,27)14-6-4-13(20)5-7-14/h3-8,10,16-17,25H,2,9H2,1H3. The van der Waals surface area contributed by atoms with E-state index in [1.807, 2.05) is 0 Å². The molecule has 28 heavy (non-hydrogen) atoms. The van der Waals surface area contributed by atoms with Crippen LogP contribution in [-0.2, 0) is 21.9 Å². The van der Waals surface area contributed by atoms with Crippen LogP contribution in [0, 0.1) is 5.82 Å². The van der Waals surface area contributed by atoms with Gasteiger partial charge in [-0.2, -0.15) is 13.2 Å². The van der Waals surface area contributed by atoms with Crippen molar-refractivity contribution in [3.05, 3.63) is 65.0 Å². The highest BCUT2D eigenvalue weighted by molar-refractivity contribution is 7.91. The Balaban J connectivity index is 2.09. The van der Waals surface area contributed by atoms with Crippen LogP contribution in [-0.4, -0.2) is 25.8 Å². The van der Waals surface area contributed by atoms with E-state index in [9.17, 15) is 35.5 Å². The van der Waals surface area contributed by atoms with Crippen molar-refractivity contribution in [2.75, 3.05) is 0 Å². The van der Waals surface area contributed by atoms with Gasteiger partial charge in [0, 0.05) is 0 Å². The third-order valence-corrected chi connectivity index (χ3v) is 7.23. The van der Waals surface area contributed by atoms with Crippen LogP contribution >= 0.6 is 0 Å². The second-order valence-electron chi connectivity index (χ2n) is 6.94. The molecule has 3 atom stereocenters. The lowest BCUT2D eigenvalue weighted by atomic mass is 9.85. The molecule has 2 aromatic rings. The molecule has 0 spiro atoms. The Morgan fingerprint density at radius 2 is 1.64 bits per heavy atom. The van der Waals surface area contributed by atoms with E-state index >= 15 is 0 Å². The molecule has 9 heteroatoms. The molecular weight excluding hydrogens is 403 g/mol. The van der Waals surface area contributed by atoms with Crippen molar-refractivity contribution in [2.45, 2.75) is 47.9 Å². The number of hydrogen-bond acceptors (Lipinski definition) is 3. The van der Waals surface area contributed by atoms with Crippen LogP contribution in [0.25, 0.3) is 0 Å². The van der Waals surface area contributed by atoms with Gasteiger partial charge in [0.15, 0.2) is 9.84 Å². The minimum absolute atomic E-state index is 0.0173. The highest BCUT2D eigenvalue weighted by Gasteiger charge is 2.53. The number of alkyl halides is 4. The summed E-state index contributed by atoms with van der Waals surface area (Å²) in [6.07, 6.45) is -6.34. The first-order valence-electron chi connectivity index (χ1n) is 8.42. The number of sulfone groups is 1. The van der Waals surface area contributed by atoms with E-state index in [2.05, 4.69) is 0 Å². The van der Waals surface area contributed by atoms with E-state index < -0.39 is 44.4 Å². The summed E-state index contributed by atoms with van der Waals surface area (Å²) in [4.78, 5) is -0.222. The van der Waals surface area contributed by atoms with Crippen LogP contribution < -0.4 is 0 Å². The second-order valence-corrected chi connectivity index (χ2v) is 9.01. The van der Waals surface area contributed by atoms with Gasteiger partial charge in [-0.05, 0) is 60.7 Å². The number of aliphatic hydroxyl groups is 1. The first-order valence-corrected chi connectivity index (χ1v) is 9.97. The molecule has 0 saturated carbocycles. The predicted octanol–water partition coefficient (Wildman–Crippen LogP) is 4.39. The van der Waals surface area contributed by atoms with Gasteiger partial charge in [-0.25, -0.2) is 17.2 Å². The maximum atomic E-state index is 14.3. The fourth-order valence-corrected chi connectivity index (χ4v) is 5.28. The Morgan fingerprint density at radius 1 is 1.04 bits per heavy atom. The zero-order valence-electron chi connectivity index (χ0n) is 14.7. The molecule has 3 nitrogen and oxygen atoms in total. The molecule has 152 valence electrons. The average Bonchev–Trinajstić information content (AvgIpc) is 2.60. The molecular formula is C19H17F5O3S. The summed E-state index contributed by atoms with van der Waals surface area (Å²) < 4.78 is 92.3. The Labute approximate surface area is 158 Å². The number of aliphatic hydroxyl groups excluding tert-OH is 1. The number of fused-ring (bicyclic) bond motifs is 1. The molecule has 1 aliphatic carbocycles. The molecule has 0 fully saturated rings. The SMILES string of the molecule is CC(F)(c1ccc2c(c1)CCC(O)C2S(=O)(=O)c1ccc(F)cc1)C(F)(F)F. The number of hydrogen-bond donors (Lipinski definition) is 1.